The van der Waals surface area contributed by atoms with Crippen LogP contribution in [-0.4, -0.2) is 0 Å². The summed E-state index contributed by atoms with van der Waals surface area (Å²) in [7, 11) is 0. The van der Waals surface area contributed by atoms with Crippen molar-refractivity contribution in [3.63, 3.8) is 0 Å². The number of benzene rings is 2. The first-order valence-corrected chi connectivity index (χ1v) is 5.00. The van der Waals surface area contributed by atoms with Gasteiger partial charge in [0, 0.05) is 0 Å². The lowest BCUT2D eigenvalue weighted by atomic mass is 9.99. The van der Waals surface area contributed by atoms with E-state index in [0.29, 0.717) is 0 Å². The van der Waals surface area contributed by atoms with Crippen LogP contribution in [0.1, 0.15) is 22.7 Å². The molecule has 2 N–H and O–H groups in total. The van der Waals surface area contributed by atoms with Crippen molar-refractivity contribution in [3.05, 3.63) is 78.2 Å². The zero-order valence-electron chi connectivity index (χ0n) is 8.56. The van der Waals surface area contributed by atoms with Gasteiger partial charge in [0.15, 0.2) is 0 Å². The molecule has 0 fully saturated rings. The van der Waals surface area contributed by atoms with Crippen molar-refractivity contribution in [2.45, 2.75) is 6.04 Å². The van der Waals surface area contributed by atoms with E-state index in [1.807, 2.05) is 54.6 Å². The fourth-order valence-electron chi connectivity index (χ4n) is 1.58. The van der Waals surface area contributed by atoms with E-state index in [0.717, 1.165) is 16.7 Å². The van der Waals surface area contributed by atoms with Crippen LogP contribution in [0, 0.1) is 6.92 Å². The Morgan fingerprint density at radius 1 is 0.800 bits per heavy atom. The molecule has 2 aromatic rings. The summed E-state index contributed by atoms with van der Waals surface area (Å²) in [6.45, 7) is 3.85. The molecule has 2 rings (SSSR count). The Morgan fingerprint density at radius 3 is 1.93 bits per heavy atom. The minimum Gasteiger partial charge on any atom is -0.320 e. The van der Waals surface area contributed by atoms with Crippen LogP contribution in [0.2, 0.25) is 0 Å². The first-order chi connectivity index (χ1) is 7.27. The summed E-state index contributed by atoms with van der Waals surface area (Å²) in [6.07, 6.45) is 0. The van der Waals surface area contributed by atoms with Crippen molar-refractivity contribution in [2.75, 3.05) is 0 Å². The van der Waals surface area contributed by atoms with Gasteiger partial charge in [0.05, 0.1) is 6.04 Å². The maximum Gasteiger partial charge on any atom is 0.0551 e. The molecule has 0 amide bonds. The van der Waals surface area contributed by atoms with Crippen molar-refractivity contribution in [2.24, 2.45) is 5.73 Å². The van der Waals surface area contributed by atoms with Gasteiger partial charge in [-0.2, -0.15) is 0 Å². The molecule has 15 heavy (non-hydrogen) atoms. The highest BCUT2D eigenvalue weighted by Gasteiger charge is 2.06. The van der Waals surface area contributed by atoms with Gasteiger partial charge in [-0.15, -0.1) is 0 Å². The summed E-state index contributed by atoms with van der Waals surface area (Å²) in [5, 5.41) is 0. The molecule has 0 aromatic heterocycles. The SMILES string of the molecule is [CH2]c1ccc(C(N)c2ccccc2)cc1. The number of hydrogen-bond donors (Lipinski definition) is 1. The van der Waals surface area contributed by atoms with Gasteiger partial charge in [-0.05, 0) is 23.6 Å². The second-order valence-corrected chi connectivity index (χ2v) is 3.63. The van der Waals surface area contributed by atoms with E-state index in [1.165, 1.54) is 0 Å². The highest BCUT2D eigenvalue weighted by atomic mass is 14.6. The maximum absolute atomic E-state index is 6.15. The van der Waals surface area contributed by atoms with E-state index < -0.39 is 0 Å². The van der Waals surface area contributed by atoms with Crippen molar-refractivity contribution >= 4 is 0 Å². The first-order valence-electron chi connectivity index (χ1n) is 5.00. The second kappa shape index (κ2) is 4.28. The molecule has 1 radical (unpaired) electrons. The van der Waals surface area contributed by atoms with Crippen molar-refractivity contribution in [1.82, 2.24) is 0 Å². The van der Waals surface area contributed by atoms with Gasteiger partial charge in [0.1, 0.15) is 0 Å². The van der Waals surface area contributed by atoms with E-state index >= 15 is 0 Å². The lowest BCUT2D eigenvalue weighted by molar-refractivity contribution is 0.871. The molecule has 0 aliphatic heterocycles. The largest absolute Gasteiger partial charge is 0.320 e. The van der Waals surface area contributed by atoms with E-state index in [-0.39, 0.29) is 6.04 Å². The third kappa shape index (κ3) is 2.25. The normalized spacial score (nSPS) is 12.4. The highest BCUT2D eigenvalue weighted by molar-refractivity contribution is 5.33. The fraction of sp³-hybridized carbons (Fsp3) is 0.0714. The molecule has 1 nitrogen and oxygen atoms in total. The van der Waals surface area contributed by atoms with Crippen LogP contribution in [-0.2, 0) is 0 Å². The van der Waals surface area contributed by atoms with Crippen LogP contribution in [0.3, 0.4) is 0 Å². The highest BCUT2D eigenvalue weighted by Crippen LogP contribution is 2.19. The molecule has 2 aromatic carbocycles. The number of nitrogens with two attached hydrogens (primary N) is 1. The molecule has 75 valence electrons. The maximum atomic E-state index is 6.15. The topological polar surface area (TPSA) is 26.0 Å². The molecule has 0 saturated heterocycles. The quantitative estimate of drug-likeness (QED) is 0.785. The van der Waals surface area contributed by atoms with Gasteiger partial charge in [0.2, 0.25) is 0 Å². The van der Waals surface area contributed by atoms with Gasteiger partial charge in [-0.1, -0.05) is 54.6 Å². The van der Waals surface area contributed by atoms with Crippen LogP contribution in [0.4, 0.5) is 0 Å². The molecular weight excluding hydrogens is 182 g/mol. The zero-order chi connectivity index (χ0) is 10.7. The van der Waals surface area contributed by atoms with E-state index in [4.69, 9.17) is 5.73 Å². The lowest BCUT2D eigenvalue weighted by Gasteiger charge is -2.12. The van der Waals surface area contributed by atoms with Crippen molar-refractivity contribution < 1.29 is 0 Å². The smallest absolute Gasteiger partial charge is 0.0551 e. The Kier molecular flexibility index (Phi) is 2.84. The summed E-state index contributed by atoms with van der Waals surface area (Å²) in [6, 6.07) is 18.1. The van der Waals surface area contributed by atoms with Gasteiger partial charge < -0.3 is 5.73 Å². The average molecular weight is 196 g/mol. The molecular formula is C14H14N. The van der Waals surface area contributed by atoms with Crippen LogP contribution < -0.4 is 5.73 Å². The Morgan fingerprint density at radius 2 is 1.33 bits per heavy atom. The summed E-state index contributed by atoms with van der Waals surface area (Å²) in [4.78, 5) is 0. The zero-order valence-corrected chi connectivity index (χ0v) is 8.56. The predicted octanol–water partition coefficient (Wildman–Crippen LogP) is 2.92. The average Bonchev–Trinajstić information content (AvgIpc) is 2.30. The first kappa shape index (κ1) is 9.94. The summed E-state index contributed by atoms with van der Waals surface area (Å²) in [5.41, 5.74) is 9.41. The Labute approximate surface area is 90.6 Å². The predicted molar refractivity (Wildman–Crippen MR) is 63.4 cm³/mol. The Balaban J connectivity index is 2.29. The van der Waals surface area contributed by atoms with E-state index in [9.17, 15) is 0 Å². The van der Waals surface area contributed by atoms with Gasteiger partial charge >= 0.3 is 0 Å². The number of rotatable bonds is 2. The number of hydrogen-bond acceptors (Lipinski definition) is 1. The third-order valence-corrected chi connectivity index (χ3v) is 2.50. The third-order valence-electron chi connectivity index (χ3n) is 2.50. The van der Waals surface area contributed by atoms with E-state index in [2.05, 4.69) is 6.92 Å². The van der Waals surface area contributed by atoms with Crippen LogP contribution in [0.15, 0.2) is 54.6 Å². The monoisotopic (exact) mass is 196 g/mol. The molecule has 1 unspecified atom stereocenters. The molecule has 0 aliphatic carbocycles. The molecule has 0 aliphatic rings. The standard InChI is InChI=1S/C14H14N/c1-11-7-9-13(10-8-11)14(15)12-5-3-2-4-6-12/h2-10,14H,1,15H2. The molecule has 0 heterocycles. The lowest BCUT2D eigenvalue weighted by Crippen LogP contribution is -2.11. The van der Waals surface area contributed by atoms with Gasteiger partial charge in [-0.3, -0.25) is 0 Å². The fourth-order valence-corrected chi connectivity index (χ4v) is 1.58. The van der Waals surface area contributed by atoms with Gasteiger partial charge in [-0.25, -0.2) is 0 Å². The second-order valence-electron chi connectivity index (χ2n) is 3.63. The minimum atomic E-state index is -0.0493. The van der Waals surface area contributed by atoms with Gasteiger partial charge in [0.25, 0.3) is 0 Å². The minimum absolute atomic E-state index is 0.0493. The van der Waals surface area contributed by atoms with Crippen LogP contribution >= 0.6 is 0 Å². The Hall–Kier alpha value is -1.60. The molecule has 0 saturated carbocycles. The molecule has 0 spiro atoms. The van der Waals surface area contributed by atoms with E-state index in [1.54, 1.807) is 0 Å². The van der Waals surface area contributed by atoms with Crippen molar-refractivity contribution in [3.8, 4) is 0 Å². The summed E-state index contributed by atoms with van der Waals surface area (Å²) in [5.74, 6) is 0. The molecule has 1 heteroatoms. The Bertz CT molecular complexity index is 417. The van der Waals surface area contributed by atoms with Crippen molar-refractivity contribution in [1.29, 1.82) is 0 Å². The summed E-state index contributed by atoms with van der Waals surface area (Å²) < 4.78 is 0. The molecule has 0 bridgehead atoms. The summed E-state index contributed by atoms with van der Waals surface area (Å²) >= 11 is 0. The van der Waals surface area contributed by atoms with Crippen LogP contribution in [0.5, 0.6) is 0 Å². The molecule has 1 atom stereocenters. The van der Waals surface area contributed by atoms with Crippen LogP contribution in [0.25, 0.3) is 0 Å².